The Kier molecular flexibility index (Phi) is 4.27. The van der Waals surface area contributed by atoms with Gasteiger partial charge in [0.25, 0.3) is 0 Å². The molecule has 0 saturated carbocycles. The standard InChI is InChI=1S/C12H13BrO5S/c13-10-2-1-8(12(14)15)7-11(10)19(16,17)9-3-5-18-6-4-9/h1-2,7,9H,3-6H2,(H,14,15). The second kappa shape index (κ2) is 5.60. The molecule has 0 amide bonds. The fourth-order valence-electron chi connectivity index (χ4n) is 2.02. The summed E-state index contributed by atoms with van der Waals surface area (Å²) in [6.07, 6.45) is 0.873. The van der Waals surface area contributed by atoms with Gasteiger partial charge in [0.1, 0.15) is 0 Å². The zero-order valence-corrected chi connectivity index (χ0v) is 12.4. The maximum absolute atomic E-state index is 12.5. The second-order valence-electron chi connectivity index (χ2n) is 4.31. The molecule has 1 aromatic rings. The van der Waals surface area contributed by atoms with Gasteiger partial charge in [-0.15, -0.1) is 0 Å². The maximum atomic E-state index is 12.5. The molecule has 1 heterocycles. The SMILES string of the molecule is O=C(O)c1ccc(Br)c(S(=O)(=O)C2CCOCC2)c1. The Morgan fingerprint density at radius 2 is 1.95 bits per heavy atom. The molecule has 0 bridgehead atoms. The molecule has 5 nitrogen and oxygen atoms in total. The monoisotopic (exact) mass is 348 g/mol. The van der Waals surface area contributed by atoms with Crippen LogP contribution in [0.4, 0.5) is 0 Å². The Labute approximate surface area is 119 Å². The van der Waals surface area contributed by atoms with Gasteiger partial charge in [-0.3, -0.25) is 0 Å². The van der Waals surface area contributed by atoms with E-state index in [0.717, 1.165) is 0 Å². The third kappa shape index (κ3) is 2.98. The summed E-state index contributed by atoms with van der Waals surface area (Å²) in [7, 11) is -3.54. The molecule has 1 N–H and O–H groups in total. The molecule has 0 spiro atoms. The third-order valence-electron chi connectivity index (χ3n) is 3.09. The van der Waals surface area contributed by atoms with Gasteiger partial charge in [0.05, 0.1) is 15.7 Å². The number of carboxylic acid groups (broad SMARTS) is 1. The van der Waals surface area contributed by atoms with Crippen LogP contribution in [0.2, 0.25) is 0 Å². The van der Waals surface area contributed by atoms with E-state index in [1.165, 1.54) is 18.2 Å². The molecule has 1 saturated heterocycles. The molecule has 104 valence electrons. The number of hydrogen-bond acceptors (Lipinski definition) is 4. The average molecular weight is 349 g/mol. The van der Waals surface area contributed by atoms with Crippen molar-refractivity contribution in [3.05, 3.63) is 28.2 Å². The lowest BCUT2D eigenvalue weighted by atomic mass is 10.2. The molecule has 0 aliphatic carbocycles. The predicted molar refractivity (Wildman–Crippen MR) is 72.1 cm³/mol. The lowest BCUT2D eigenvalue weighted by Gasteiger charge is -2.22. The summed E-state index contributed by atoms with van der Waals surface area (Å²) in [6, 6.07) is 4.03. The van der Waals surface area contributed by atoms with Gasteiger partial charge in [0, 0.05) is 17.7 Å². The van der Waals surface area contributed by atoms with E-state index in [0.29, 0.717) is 30.5 Å². The molecule has 1 fully saturated rings. The molecule has 7 heteroatoms. The maximum Gasteiger partial charge on any atom is 0.335 e. The van der Waals surface area contributed by atoms with Crippen molar-refractivity contribution in [2.24, 2.45) is 0 Å². The quantitative estimate of drug-likeness (QED) is 0.904. The van der Waals surface area contributed by atoms with E-state index in [4.69, 9.17) is 9.84 Å². The van der Waals surface area contributed by atoms with Crippen LogP contribution < -0.4 is 0 Å². The summed E-state index contributed by atoms with van der Waals surface area (Å²) < 4.78 is 30.6. The number of rotatable bonds is 3. The van der Waals surface area contributed by atoms with Crippen LogP contribution in [0.25, 0.3) is 0 Å². The van der Waals surface area contributed by atoms with Gasteiger partial charge >= 0.3 is 5.97 Å². The van der Waals surface area contributed by atoms with Crippen molar-refractivity contribution >= 4 is 31.7 Å². The number of hydrogen-bond donors (Lipinski definition) is 1. The highest BCUT2D eigenvalue weighted by Crippen LogP contribution is 2.30. The summed E-state index contributed by atoms with van der Waals surface area (Å²) in [5.41, 5.74) is -0.0335. The highest BCUT2D eigenvalue weighted by molar-refractivity contribution is 9.10. The van der Waals surface area contributed by atoms with E-state index in [-0.39, 0.29) is 10.5 Å². The molecule has 2 rings (SSSR count). The first-order valence-electron chi connectivity index (χ1n) is 5.77. The van der Waals surface area contributed by atoms with E-state index in [2.05, 4.69) is 15.9 Å². The van der Waals surface area contributed by atoms with Gasteiger partial charge in [-0.05, 0) is 47.0 Å². The number of halogens is 1. The van der Waals surface area contributed by atoms with Gasteiger partial charge in [-0.2, -0.15) is 0 Å². The van der Waals surface area contributed by atoms with Gasteiger partial charge < -0.3 is 9.84 Å². The summed E-state index contributed by atoms with van der Waals surface area (Å²) >= 11 is 3.18. The Bertz CT molecular complexity index is 590. The minimum absolute atomic E-state index is 0.0335. The molecule has 0 aromatic heterocycles. The first-order valence-corrected chi connectivity index (χ1v) is 8.11. The molecule has 1 aliphatic rings. The number of carboxylic acids is 1. The molecule has 1 aliphatic heterocycles. The number of carbonyl (C=O) groups is 1. The third-order valence-corrected chi connectivity index (χ3v) is 6.35. The number of benzene rings is 1. The van der Waals surface area contributed by atoms with Crippen LogP contribution in [-0.4, -0.2) is 38.0 Å². The lowest BCUT2D eigenvalue weighted by Crippen LogP contribution is -2.29. The Morgan fingerprint density at radius 3 is 2.53 bits per heavy atom. The minimum Gasteiger partial charge on any atom is -0.478 e. The van der Waals surface area contributed by atoms with Gasteiger partial charge in [-0.25, -0.2) is 13.2 Å². The number of ether oxygens (including phenoxy) is 1. The zero-order chi connectivity index (χ0) is 14.0. The highest BCUT2D eigenvalue weighted by Gasteiger charge is 2.31. The fourth-order valence-corrected chi connectivity index (χ4v) is 4.75. The minimum atomic E-state index is -3.54. The average Bonchev–Trinajstić information content (AvgIpc) is 2.39. The largest absolute Gasteiger partial charge is 0.478 e. The number of aromatic carboxylic acids is 1. The van der Waals surface area contributed by atoms with Crippen LogP contribution in [0, 0.1) is 0 Å². The van der Waals surface area contributed by atoms with Crippen molar-refractivity contribution < 1.29 is 23.1 Å². The van der Waals surface area contributed by atoms with E-state index >= 15 is 0 Å². The van der Waals surface area contributed by atoms with Crippen LogP contribution in [0.5, 0.6) is 0 Å². The van der Waals surface area contributed by atoms with Crippen LogP contribution in [0.15, 0.2) is 27.6 Å². The van der Waals surface area contributed by atoms with Crippen molar-refractivity contribution in [3.63, 3.8) is 0 Å². The molecule has 19 heavy (non-hydrogen) atoms. The van der Waals surface area contributed by atoms with Gasteiger partial charge in [0.2, 0.25) is 0 Å². The topological polar surface area (TPSA) is 80.7 Å². The highest BCUT2D eigenvalue weighted by atomic mass is 79.9. The first kappa shape index (κ1) is 14.5. The molecule has 0 unspecified atom stereocenters. The van der Waals surface area contributed by atoms with E-state index in [1.54, 1.807) is 0 Å². The van der Waals surface area contributed by atoms with Crippen LogP contribution >= 0.6 is 15.9 Å². The normalized spacial score (nSPS) is 17.3. The van der Waals surface area contributed by atoms with Crippen LogP contribution in [0.1, 0.15) is 23.2 Å². The summed E-state index contributed by atoms with van der Waals surface area (Å²) in [5, 5.41) is 8.43. The summed E-state index contributed by atoms with van der Waals surface area (Å²) in [5.74, 6) is -1.14. The zero-order valence-electron chi connectivity index (χ0n) is 10.0. The van der Waals surface area contributed by atoms with Gasteiger partial charge in [0.15, 0.2) is 9.84 Å². The fraction of sp³-hybridized carbons (Fsp3) is 0.417. The van der Waals surface area contributed by atoms with E-state index in [1.807, 2.05) is 0 Å². The van der Waals surface area contributed by atoms with Crippen molar-refractivity contribution in [3.8, 4) is 0 Å². The smallest absolute Gasteiger partial charge is 0.335 e. The van der Waals surface area contributed by atoms with E-state index in [9.17, 15) is 13.2 Å². The molecular weight excluding hydrogens is 336 g/mol. The molecule has 0 radical (unpaired) electrons. The van der Waals surface area contributed by atoms with Crippen molar-refractivity contribution in [1.82, 2.24) is 0 Å². The van der Waals surface area contributed by atoms with E-state index < -0.39 is 21.1 Å². The summed E-state index contributed by atoms with van der Waals surface area (Å²) in [4.78, 5) is 11.0. The number of sulfone groups is 1. The molecule has 0 atom stereocenters. The van der Waals surface area contributed by atoms with Crippen molar-refractivity contribution in [2.45, 2.75) is 23.0 Å². The van der Waals surface area contributed by atoms with Crippen molar-refractivity contribution in [2.75, 3.05) is 13.2 Å². The molecular formula is C12H13BrO5S. The van der Waals surface area contributed by atoms with Crippen LogP contribution in [0.3, 0.4) is 0 Å². The Morgan fingerprint density at radius 1 is 1.32 bits per heavy atom. The summed E-state index contributed by atoms with van der Waals surface area (Å²) in [6.45, 7) is 0.834. The second-order valence-corrected chi connectivity index (χ2v) is 7.36. The van der Waals surface area contributed by atoms with Crippen molar-refractivity contribution in [1.29, 1.82) is 0 Å². The first-order chi connectivity index (χ1) is 8.93. The predicted octanol–water partition coefficient (Wildman–Crippen LogP) is 2.10. The Hall–Kier alpha value is -0.920. The molecule has 1 aromatic carbocycles. The van der Waals surface area contributed by atoms with Gasteiger partial charge in [-0.1, -0.05) is 0 Å². The van der Waals surface area contributed by atoms with Crippen LogP contribution in [-0.2, 0) is 14.6 Å². The Balaban J connectivity index is 2.44. The lowest BCUT2D eigenvalue weighted by molar-refractivity contribution is 0.0696.